The highest BCUT2D eigenvalue weighted by atomic mass is 32.1. The van der Waals surface area contributed by atoms with E-state index in [-0.39, 0.29) is 0 Å². The molecule has 2 N–H and O–H groups in total. The van der Waals surface area contributed by atoms with Crippen LogP contribution in [0.5, 0.6) is 17.2 Å². The maximum Gasteiger partial charge on any atom is 0.129 e. The summed E-state index contributed by atoms with van der Waals surface area (Å²) in [6.45, 7) is 0.423. The van der Waals surface area contributed by atoms with Crippen LogP contribution >= 0.6 is 12.2 Å². The molecule has 0 aliphatic carbocycles. The lowest BCUT2D eigenvalue weighted by Crippen LogP contribution is -2.11. The molecule has 0 atom stereocenters. The minimum Gasteiger partial charge on any atom is -0.497 e. The first-order valence-electron chi connectivity index (χ1n) is 6.37. The van der Waals surface area contributed by atoms with Gasteiger partial charge in [0.05, 0.1) is 19.8 Å². The molecular weight excluding hydrogens is 286 g/mol. The number of ether oxygens (including phenoxy) is 3. The molecule has 0 radical (unpaired) electrons. The lowest BCUT2D eigenvalue weighted by atomic mass is 10.1. The summed E-state index contributed by atoms with van der Waals surface area (Å²) in [6, 6.07) is 13.1. The van der Waals surface area contributed by atoms with Crippen molar-refractivity contribution < 1.29 is 14.2 Å². The van der Waals surface area contributed by atoms with Gasteiger partial charge in [0, 0.05) is 0 Å². The van der Waals surface area contributed by atoms with Crippen molar-refractivity contribution in [2.75, 3.05) is 14.2 Å². The summed E-state index contributed by atoms with van der Waals surface area (Å²) in [5, 5.41) is 0. The largest absolute Gasteiger partial charge is 0.497 e. The molecule has 0 saturated carbocycles. The molecule has 0 aromatic heterocycles. The predicted molar refractivity (Wildman–Crippen MR) is 86.2 cm³/mol. The van der Waals surface area contributed by atoms with Crippen LogP contribution in [0.25, 0.3) is 0 Å². The number of methoxy groups -OCH3 is 2. The number of hydrogen-bond acceptors (Lipinski definition) is 4. The molecule has 2 aromatic carbocycles. The third-order valence-electron chi connectivity index (χ3n) is 2.99. The van der Waals surface area contributed by atoms with Crippen LogP contribution in [0, 0.1) is 0 Å². The van der Waals surface area contributed by atoms with Gasteiger partial charge in [-0.05, 0) is 42.0 Å². The summed E-state index contributed by atoms with van der Waals surface area (Å²) in [4.78, 5) is 0.304. The smallest absolute Gasteiger partial charge is 0.129 e. The van der Waals surface area contributed by atoms with Gasteiger partial charge >= 0.3 is 0 Å². The number of hydrogen-bond donors (Lipinski definition) is 1. The third kappa shape index (κ3) is 3.86. The van der Waals surface area contributed by atoms with Crippen molar-refractivity contribution >= 4 is 17.2 Å². The van der Waals surface area contributed by atoms with E-state index >= 15 is 0 Å². The second kappa shape index (κ2) is 6.95. The van der Waals surface area contributed by atoms with E-state index < -0.39 is 0 Å². The van der Waals surface area contributed by atoms with E-state index in [1.54, 1.807) is 14.2 Å². The summed E-state index contributed by atoms with van der Waals surface area (Å²) >= 11 is 5.02. The molecule has 110 valence electrons. The Kier molecular flexibility index (Phi) is 5.00. The first-order valence-corrected chi connectivity index (χ1v) is 6.78. The Morgan fingerprint density at radius 3 is 2.24 bits per heavy atom. The number of benzene rings is 2. The fraction of sp³-hybridized carbons (Fsp3) is 0.188. The normalized spacial score (nSPS) is 10.0. The van der Waals surface area contributed by atoms with Gasteiger partial charge in [-0.2, -0.15) is 0 Å². The van der Waals surface area contributed by atoms with Gasteiger partial charge in [-0.3, -0.25) is 0 Å². The van der Waals surface area contributed by atoms with E-state index in [2.05, 4.69) is 0 Å². The molecule has 0 fully saturated rings. The number of rotatable bonds is 6. The SMILES string of the molecule is COc1ccc(OCc2ccc(OC)c(C(N)=S)c2)cc1. The monoisotopic (exact) mass is 303 g/mol. The maximum absolute atomic E-state index is 5.72. The molecule has 0 saturated heterocycles. The van der Waals surface area contributed by atoms with E-state index in [9.17, 15) is 0 Å². The van der Waals surface area contributed by atoms with Gasteiger partial charge in [-0.15, -0.1) is 0 Å². The number of nitrogens with two attached hydrogens (primary N) is 1. The quantitative estimate of drug-likeness (QED) is 0.832. The van der Waals surface area contributed by atoms with Crippen LogP contribution < -0.4 is 19.9 Å². The summed E-state index contributed by atoms with van der Waals surface area (Å²) in [5.41, 5.74) is 7.37. The Hall–Kier alpha value is -2.27. The Morgan fingerprint density at radius 2 is 1.67 bits per heavy atom. The van der Waals surface area contributed by atoms with Crippen molar-refractivity contribution in [3.63, 3.8) is 0 Å². The second-order valence-corrected chi connectivity index (χ2v) is 4.80. The van der Waals surface area contributed by atoms with E-state index in [4.69, 9.17) is 32.2 Å². The van der Waals surface area contributed by atoms with Crippen LogP contribution in [0.1, 0.15) is 11.1 Å². The fourth-order valence-electron chi connectivity index (χ4n) is 1.88. The van der Waals surface area contributed by atoms with Crippen LogP contribution in [-0.2, 0) is 6.61 Å². The highest BCUT2D eigenvalue weighted by Crippen LogP contribution is 2.22. The van der Waals surface area contributed by atoms with Crippen molar-refractivity contribution in [2.24, 2.45) is 5.73 Å². The van der Waals surface area contributed by atoms with Gasteiger partial charge in [0.15, 0.2) is 0 Å². The van der Waals surface area contributed by atoms with Crippen molar-refractivity contribution in [1.29, 1.82) is 0 Å². The summed E-state index contributed by atoms with van der Waals surface area (Å²) in [6.07, 6.45) is 0. The van der Waals surface area contributed by atoms with Crippen molar-refractivity contribution in [2.45, 2.75) is 6.61 Å². The van der Waals surface area contributed by atoms with Crippen molar-refractivity contribution in [1.82, 2.24) is 0 Å². The summed E-state index contributed by atoms with van der Waals surface area (Å²) in [5.74, 6) is 2.22. The van der Waals surface area contributed by atoms with E-state index in [1.165, 1.54) is 0 Å². The van der Waals surface area contributed by atoms with Gasteiger partial charge < -0.3 is 19.9 Å². The molecule has 0 bridgehead atoms. The second-order valence-electron chi connectivity index (χ2n) is 4.36. The van der Waals surface area contributed by atoms with Crippen LogP contribution in [0.2, 0.25) is 0 Å². The van der Waals surface area contributed by atoms with E-state index in [1.807, 2.05) is 42.5 Å². The van der Waals surface area contributed by atoms with E-state index in [0.29, 0.717) is 22.9 Å². The molecule has 4 nitrogen and oxygen atoms in total. The molecule has 0 unspecified atom stereocenters. The standard InChI is InChI=1S/C16H17NO3S/c1-18-12-4-6-13(7-5-12)20-10-11-3-8-15(19-2)14(9-11)16(17)21/h3-9H,10H2,1-2H3,(H2,17,21). The minimum atomic E-state index is 0.304. The van der Waals surface area contributed by atoms with Crippen LogP contribution in [0.3, 0.4) is 0 Å². The zero-order chi connectivity index (χ0) is 15.2. The van der Waals surface area contributed by atoms with Gasteiger partial charge in [0.25, 0.3) is 0 Å². The minimum absolute atomic E-state index is 0.304. The van der Waals surface area contributed by atoms with Gasteiger partial charge in [-0.1, -0.05) is 18.3 Å². The zero-order valence-corrected chi connectivity index (χ0v) is 12.8. The molecule has 0 spiro atoms. The topological polar surface area (TPSA) is 53.7 Å². The van der Waals surface area contributed by atoms with Gasteiger partial charge in [0.1, 0.15) is 28.8 Å². The van der Waals surface area contributed by atoms with Gasteiger partial charge in [-0.25, -0.2) is 0 Å². The first kappa shape index (κ1) is 15.1. The molecule has 5 heteroatoms. The summed E-state index contributed by atoms with van der Waals surface area (Å²) in [7, 11) is 3.22. The van der Waals surface area contributed by atoms with Crippen molar-refractivity contribution in [3.8, 4) is 17.2 Å². The lowest BCUT2D eigenvalue weighted by Gasteiger charge is -2.11. The third-order valence-corrected chi connectivity index (χ3v) is 3.21. The average Bonchev–Trinajstić information content (AvgIpc) is 2.53. The highest BCUT2D eigenvalue weighted by molar-refractivity contribution is 7.80. The Morgan fingerprint density at radius 1 is 1.00 bits per heavy atom. The Labute approximate surface area is 129 Å². The predicted octanol–water partition coefficient (Wildman–Crippen LogP) is 2.92. The highest BCUT2D eigenvalue weighted by Gasteiger charge is 2.07. The molecular formula is C16H17NO3S. The Balaban J connectivity index is 2.08. The Bertz CT molecular complexity index is 626. The van der Waals surface area contributed by atoms with Crippen LogP contribution in [0.15, 0.2) is 42.5 Å². The fourth-order valence-corrected chi connectivity index (χ4v) is 2.04. The maximum atomic E-state index is 5.72. The molecule has 0 aliphatic heterocycles. The lowest BCUT2D eigenvalue weighted by molar-refractivity contribution is 0.305. The molecule has 0 amide bonds. The zero-order valence-electron chi connectivity index (χ0n) is 12.0. The molecule has 0 heterocycles. The average molecular weight is 303 g/mol. The molecule has 21 heavy (non-hydrogen) atoms. The summed E-state index contributed by atoms with van der Waals surface area (Å²) < 4.78 is 16.0. The van der Waals surface area contributed by atoms with Crippen LogP contribution in [0.4, 0.5) is 0 Å². The molecule has 0 aliphatic rings. The number of thiocarbonyl (C=S) groups is 1. The van der Waals surface area contributed by atoms with Crippen LogP contribution in [-0.4, -0.2) is 19.2 Å². The van der Waals surface area contributed by atoms with E-state index in [0.717, 1.165) is 17.1 Å². The molecule has 2 aromatic rings. The first-order chi connectivity index (χ1) is 10.1. The molecule has 2 rings (SSSR count). The van der Waals surface area contributed by atoms with Crippen molar-refractivity contribution in [3.05, 3.63) is 53.6 Å². The van der Waals surface area contributed by atoms with Gasteiger partial charge in [0.2, 0.25) is 0 Å².